The van der Waals surface area contributed by atoms with Crippen molar-refractivity contribution in [1.82, 2.24) is 19.9 Å². The molecule has 164 valence electrons. The van der Waals surface area contributed by atoms with Gasteiger partial charge < -0.3 is 15.2 Å². The first-order valence-corrected chi connectivity index (χ1v) is 11.1. The van der Waals surface area contributed by atoms with Crippen LogP contribution in [0.25, 0.3) is 11.2 Å². The first-order valence-electron chi connectivity index (χ1n) is 11.1. The predicted octanol–water partition coefficient (Wildman–Crippen LogP) is 5.45. The largest absolute Gasteiger partial charge is 0.334 e. The van der Waals surface area contributed by atoms with Gasteiger partial charge in [-0.3, -0.25) is 0 Å². The smallest absolute Gasteiger partial charge is 0.319 e. The maximum absolute atomic E-state index is 12.5. The van der Waals surface area contributed by atoms with Crippen LogP contribution in [0.1, 0.15) is 42.3 Å². The van der Waals surface area contributed by atoms with Gasteiger partial charge in [0.05, 0.1) is 18.4 Å². The van der Waals surface area contributed by atoms with Crippen LogP contribution in [0.15, 0.2) is 66.9 Å². The van der Waals surface area contributed by atoms with Gasteiger partial charge in [-0.15, -0.1) is 0 Å². The number of nitrogens with one attached hydrogen (secondary N) is 2. The molecule has 4 rings (SSSR count). The summed E-state index contributed by atoms with van der Waals surface area (Å²) in [7, 11) is 0. The highest BCUT2D eigenvalue weighted by molar-refractivity contribution is 5.93. The first kappa shape index (κ1) is 21.6. The molecule has 0 radical (unpaired) electrons. The number of aryl methyl sites for hydroxylation is 2. The number of aromatic nitrogens is 3. The summed E-state index contributed by atoms with van der Waals surface area (Å²) in [5.74, 6) is 1.03. The fourth-order valence-corrected chi connectivity index (χ4v) is 3.75. The lowest BCUT2D eigenvalue weighted by molar-refractivity contribution is 0.251. The molecule has 0 aliphatic heterocycles. The Balaban J connectivity index is 1.57. The van der Waals surface area contributed by atoms with Crippen LogP contribution in [0.4, 0.5) is 10.5 Å². The van der Waals surface area contributed by atoms with E-state index < -0.39 is 0 Å². The minimum Gasteiger partial charge on any atom is -0.334 e. The lowest BCUT2D eigenvalue weighted by Crippen LogP contribution is -2.28. The Morgan fingerprint density at radius 1 is 1.00 bits per heavy atom. The lowest BCUT2D eigenvalue weighted by atomic mass is 10.2. The zero-order valence-corrected chi connectivity index (χ0v) is 18.6. The number of unbranched alkanes of at least 4 members (excludes halogenated alkanes) is 1. The van der Waals surface area contributed by atoms with Crippen LogP contribution >= 0.6 is 0 Å². The summed E-state index contributed by atoms with van der Waals surface area (Å²) in [5.41, 5.74) is 5.56. The van der Waals surface area contributed by atoms with E-state index in [0.717, 1.165) is 53.9 Å². The molecule has 4 aromatic rings. The number of hydrogen-bond donors (Lipinski definition) is 2. The van der Waals surface area contributed by atoms with Gasteiger partial charge >= 0.3 is 6.03 Å². The van der Waals surface area contributed by atoms with E-state index in [1.165, 1.54) is 5.56 Å². The van der Waals surface area contributed by atoms with Crippen LogP contribution in [0.3, 0.4) is 0 Å². The Morgan fingerprint density at radius 3 is 2.38 bits per heavy atom. The number of pyridine rings is 1. The van der Waals surface area contributed by atoms with Crippen molar-refractivity contribution in [3.8, 4) is 0 Å². The van der Waals surface area contributed by atoms with Gasteiger partial charge in [-0.1, -0.05) is 74.0 Å². The summed E-state index contributed by atoms with van der Waals surface area (Å²) in [6.45, 7) is 5.37. The number of anilines is 1. The Morgan fingerprint density at radius 2 is 1.69 bits per heavy atom. The highest BCUT2D eigenvalue weighted by Gasteiger charge is 2.17. The van der Waals surface area contributed by atoms with E-state index in [-0.39, 0.29) is 6.03 Å². The summed E-state index contributed by atoms with van der Waals surface area (Å²) in [5, 5.41) is 5.83. The number of rotatable bonds is 8. The molecule has 0 aliphatic carbocycles. The Hall–Kier alpha value is -3.67. The van der Waals surface area contributed by atoms with Crippen molar-refractivity contribution < 1.29 is 4.79 Å². The normalized spacial score (nSPS) is 10.9. The molecule has 2 amide bonds. The maximum Gasteiger partial charge on any atom is 0.319 e. The van der Waals surface area contributed by atoms with Crippen molar-refractivity contribution in [2.24, 2.45) is 0 Å². The summed E-state index contributed by atoms with van der Waals surface area (Å²) in [6.07, 6.45) is 4.81. The number of carbonyl (C=O) groups is 1. The van der Waals surface area contributed by atoms with Gasteiger partial charge in [-0.05, 0) is 24.5 Å². The molecule has 0 spiro atoms. The van der Waals surface area contributed by atoms with Crippen LogP contribution in [0.2, 0.25) is 0 Å². The van der Waals surface area contributed by atoms with Gasteiger partial charge in [0.1, 0.15) is 11.3 Å². The molecule has 32 heavy (non-hydrogen) atoms. The van der Waals surface area contributed by atoms with Gasteiger partial charge in [-0.2, -0.15) is 0 Å². The average molecular weight is 428 g/mol. The number of amides is 2. The second-order valence-corrected chi connectivity index (χ2v) is 7.97. The van der Waals surface area contributed by atoms with Crippen molar-refractivity contribution in [2.45, 2.75) is 46.2 Å². The van der Waals surface area contributed by atoms with Crippen molar-refractivity contribution in [1.29, 1.82) is 0 Å². The highest BCUT2D eigenvalue weighted by atomic mass is 16.2. The third kappa shape index (κ3) is 4.97. The van der Waals surface area contributed by atoms with Crippen molar-refractivity contribution in [3.05, 3.63) is 89.4 Å². The number of fused-ring (bicyclic) bond motifs is 1. The fourth-order valence-electron chi connectivity index (χ4n) is 3.75. The third-order valence-electron chi connectivity index (χ3n) is 5.58. The van der Waals surface area contributed by atoms with E-state index in [9.17, 15) is 4.79 Å². The molecule has 2 aromatic carbocycles. The second-order valence-electron chi connectivity index (χ2n) is 7.97. The summed E-state index contributed by atoms with van der Waals surface area (Å²) < 4.78 is 2.20. The van der Waals surface area contributed by atoms with E-state index in [0.29, 0.717) is 12.2 Å². The van der Waals surface area contributed by atoms with Crippen LogP contribution in [-0.2, 0) is 19.5 Å². The van der Waals surface area contributed by atoms with Gasteiger partial charge in [0.15, 0.2) is 5.65 Å². The third-order valence-corrected chi connectivity index (χ3v) is 5.58. The zero-order valence-electron chi connectivity index (χ0n) is 18.6. The van der Waals surface area contributed by atoms with Crippen molar-refractivity contribution in [3.63, 3.8) is 0 Å². The molecular weight excluding hydrogens is 398 g/mol. The topological polar surface area (TPSA) is 71.8 Å². The van der Waals surface area contributed by atoms with Crippen LogP contribution < -0.4 is 10.6 Å². The van der Waals surface area contributed by atoms with E-state index in [4.69, 9.17) is 9.97 Å². The molecule has 0 saturated heterocycles. The zero-order chi connectivity index (χ0) is 22.3. The van der Waals surface area contributed by atoms with Gasteiger partial charge in [0, 0.05) is 18.5 Å². The first-order chi connectivity index (χ1) is 15.7. The minimum absolute atomic E-state index is 0.256. The number of imidazole rings is 1. The number of hydrogen-bond acceptors (Lipinski definition) is 3. The minimum atomic E-state index is -0.256. The number of benzene rings is 2. The number of nitrogens with zero attached hydrogens (tertiary/aromatic N) is 3. The second kappa shape index (κ2) is 10.1. The number of carbonyl (C=O) groups excluding carboxylic acids is 1. The lowest BCUT2D eigenvalue weighted by Gasteiger charge is -2.11. The Bertz CT molecular complexity index is 1190. The van der Waals surface area contributed by atoms with Gasteiger partial charge in [0.25, 0.3) is 0 Å². The molecule has 0 unspecified atom stereocenters. The SMILES string of the molecule is CCCCc1nc2c(C)c(NC(=O)NCc3ccccc3)cnc2n1Cc1ccccc1. The number of urea groups is 1. The predicted molar refractivity (Wildman–Crippen MR) is 129 cm³/mol. The molecule has 2 aromatic heterocycles. The average Bonchev–Trinajstić information content (AvgIpc) is 3.17. The fraction of sp³-hybridized carbons (Fsp3) is 0.269. The molecule has 0 saturated carbocycles. The molecule has 2 N–H and O–H groups in total. The van der Waals surface area contributed by atoms with E-state index >= 15 is 0 Å². The molecule has 6 heteroatoms. The molecule has 0 atom stereocenters. The van der Waals surface area contributed by atoms with E-state index in [1.807, 2.05) is 43.3 Å². The molecule has 0 bridgehead atoms. The molecular formula is C26H29N5O. The summed E-state index contributed by atoms with van der Waals surface area (Å²) in [6, 6.07) is 19.9. The van der Waals surface area contributed by atoms with Gasteiger partial charge in [0.2, 0.25) is 0 Å². The van der Waals surface area contributed by atoms with Gasteiger partial charge in [-0.25, -0.2) is 14.8 Å². The van der Waals surface area contributed by atoms with E-state index in [2.05, 4.69) is 46.4 Å². The van der Waals surface area contributed by atoms with Crippen LogP contribution in [-0.4, -0.2) is 20.6 Å². The Labute approximate surface area is 188 Å². The molecule has 0 aliphatic rings. The monoisotopic (exact) mass is 427 g/mol. The van der Waals surface area contributed by atoms with Crippen molar-refractivity contribution in [2.75, 3.05) is 5.32 Å². The van der Waals surface area contributed by atoms with Crippen molar-refractivity contribution >= 4 is 22.9 Å². The van der Waals surface area contributed by atoms with Crippen LogP contribution in [0, 0.1) is 6.92 Å². The molecule has 6 nitrogen and oxygen atoms in total. The standard InChI is InChI=1S/C26H29N5O/c1-3-4-15-23-30-24-19(2)22(29-26(32)28-16-20-11-7-5-8-12-20)17-27-25(24)31(23)18-21-13-9-6-10-14-21/h5-14,17H,3-4,15-16,18H2,1-2H3,(H2,28,29,32). The Kier molecular flexibility index (Phi) is 6.80. The highest BCUT2D eigenvalue weighted by Crippen LogP contribution is 2.25. The molecule has 0 fully saturated rings. The quantitative estimate of drug-likeness (QED) is 0.393. The van der Waals surface area contributed by atoms with Crippen LogP contribution in [0.5, 0.6) is 0 Å². The molecule has 2 heterocycles. The summed E-state index contributed by atoms with van der Waals surface area (Å²) >= 11 is 0. The maximum atomic E-state index is 12.5. The van der Waals surface area contributed by atoms with E-state index in [1.54, 1.807) is 6.20 Å². The summed E-state index contributed by atoms with van der Waals surface area (Å²) in [4.78, 5) is 22.1.